The maximum atomic E-state index is 10.4. The van der Waals surface area contributed by atoms with Crippen LogP contribution in [-0.2, 0) is 0 Å². The first kappa shape index (κ1) is 29.8. The summed E-state index contributed by atoms with van der Waals surface area (Å²) in [4.78, 5) is 4.25. The molecule has 0 spiro atoms. The number of nitrogens with zero attached hydrogens (tertiary/aromatic N) is 4. The van der Waals surface area contributed by atoms with Crippen molar-refractivity contribution in [1.29, 1.82) is 10.5 Å². The average Bonchev–Trinajstić information content (AvgIpc) is 3.15. The maximum Gasteiger partial charge on any atom is 0.100 e. The van der Waals surface area contributed by atoms with Crippen molar-refractivity contribution in [2.24, 2.45) is 0 Å². The molecule has 0 saturated heterocycles. The van der Waals surface area contributed by atoms with Gasteiger partial charge in [-0.2, -0.15) is 10.5 Å². The Morgan fingerprint density at radius 2 is 0.688 bits per heavy atom. The molecular weight excluding hydrogens is 585 g/mol. The van der Waals surface area contributed by atoms with Gasteiger partial charge in [0, 0.05) is 56.7 Å². The van der Waals surface area contributed by atoms with E-state index in [-0.39, 0.29) is 0 Å². The van der Waals surface area contributed by atoms with Crippen LogP contribution in [-0.4, -0.2) is 0 Å². The normalized spacial score (nSPS) is 11.1. The lowest BCUT2D eigenvalue weighted by Gasteiger charge is -2.21. The molecule has 0 N–H and O–H groups in total. The van der Waals surface area contributed by atoms with Gasteiger partial charge < -0.3 is 9.80 Å². The molecule has 0 saturated carbocycles. The van der Waals surface area contributed by atoms with E-state index in [0.717, 1.165) is 55.4 Å². The van der Waals surface area contributed by atoms with E-state index in [1.165, 1.54) is 0 Å². The Bertz CT molecular complexity index is 2100. The highest BCUT2D eigenvalue weighted by Crippen LogP contribution is 2.35. The van der Waals surface area contributed by atoms with Gasteiger partial charge in [0.05, 0.1) is 11.1 Å². The van der Waals surface area contributed by atoms with Crippen molar-refractivity contribution in [1.82, 2.24) is 0 Å². The Kier molecular flexibility index (Phi) is 8.46. The first-order chi connectivity index (χ1) is 23.7. The average molecular weight is 615 g/mol. The van der Waals surface area contributed by atoms with Crippen LogP contribution in [0.1, 0.15) is 22.3 Å². The lowest BCUT2D eigenvalue weighted by Crippen LogP contribution is -2.07. The van der Waals surface area contributed by atoms with E-state index in [1.54, 1.807) is 0 Å². The lowest BCUT2D eigenvalue weighted by atomic mass is 9.90. The number of nitriles is 2. The van der Waals surface area contributed by atoms with Crippen LogP contribution in [0.2, 0.25) is 0 Å². The van der Waals surface area contributed by atoms with Gasteiger partial charge in [0.25, 0.3) is 0 Å². The summed E-state index contributed by atoms with van der Waals surface area (Å²) in [5.41, 5.74) is 7.13. The minimum atomic E-state index is 0.558. The topological polar surface area (TPSA) is 54.1 Å². The van der Waals surface area contributed by atoms with Gasteiger partial charge in [0.1, 0.15) is 12.1 Å². The minimum absolute atomic E-state index is 0.558. The molecule has 226 valence electrons. The van der Waals surface area contributed by atoms with Gasteiger partial charge in [-0.1, -0.05) is 97.1 Å². The van der Waals surface area contributed by atoms with Crippen molar-refractivity contribution in [2.75, 3.05) is 9.80 Å². The van der Waals surface area contributed by atoms with Crippen LogP contribution < -0.4 is 9.80 Å². The highest BCUT2D eigenvalue weighted by molar-refractivity contribution is 6.10. The highest BCUT2D eigenvalue weighted by Gasteiger charge is 2.15. The standard InChI is InChI=1S/C44H30N4/c45-31-43-40-24-22-34(26-28-48(37-17-9-3-10-18-37)38-19-11-4-12-20-38)30-42(40)44(32-46)39-23-21-33(29-41(39)43)25-27-47(35-13-5-1-6-14-35)36-15-7-2-8-16-36/h1-30H. The SMILES string of the molecule is N#Cc1c2ccc(C=CN(c3ccccc3)c3ccccc3)cc2c(C#N)c2ccc(C=CN(c3ccccc3)c3ccccc3)cc12. The zero-order valence-electron chi connectivity index (χ0n) is 26.1. The molecule has 48 heavy (non-hydrogen) atoms. The molecule has 0 aliphatic heterocycles. The number of hydrogen-bond acceptors (Lipinski definition) is 4. The molecule has 0 radical (unpaired) electrons. The number of anilines is 4. The second kappa shape index (κ2) is 13.6. The fraction of sp³-hybridized carbons (Fsp3) is 0. The summed E-state index contributed by atoms with van der Waals surface area (Å²) < 4.78 is 0. The molecular formula is C44H30N4. The highest BCUT2D eigenvalue weighted by atomic mass is 15.1. The van der Waals surface area contributed by atoms with E-state index < -0.39 is 0 Å². The summed E-state index contributed by atoms with van der Waals surface area (Å²) >= 11 is 0. The van der Waals surface area contributed by atoms with E-state index in [2.05, 4.69) is 70.5 Å². The number of fused-ring (bicyclic) bond motifs is 2. The second-order valence-electron chi connectivity index (χ2n) is 11.3. The largest absolute Gasteiger partial charge is 0.317 e. The molecule has 0 atom stereocenters. The molecule has 0 aliphatic rings. The molecule has 0 aromatic heterocycles. The van der Waals surface area contributed by atoms with Crippen LogP contribution >= 0.6 is 0 Å². The molecule has 4 nitrogen and oxygen atoms in total. The summed E-state index contributed by atoms with van der Waals surface area (Å²) in [7, 11) is 0. The molecule has 0 unspecified atom stereocenters. The van der Waals surface area contributed by atoms with Crippen LogP contribution in [0.4, 0.5) is 22.7 Å². The summed E-state index contributed by atoms with van der Waals surface area (Å²) in [6.07, 6.45) is 8.15. The Morgan fingerprint density at radius 1 is 0.375 bits per heavy atom. The summed E-state index contributed by atoms with van der Waals surface area (Å²) in [6.45, 7) is 0. The molecule has 7 rings (SSSR count). The molecule has 0 amide bonds. The Balaban J connectivity index is 1.28. The number of benzene rings is 7. The van der Waals surface area contributed by atoms with Gasteiger partial charge in [0.2, 0.25) is 0 Å². The molecule has 7 aromatic rings. The zero-order valence-corrected chi connectivity index (χ0v) is 26.1. The van der Waals surface area contributed by atoms with Gasteiger partial charge in [0.15, 0.2) is 0 Å². The fourth-order valence-corrected chi connectivity index (χ4v) is 6.03. The van der Waals surface area contributed by atoms with Gasteiger partial charge in [-0.25, -0.2) is 0 Å². The summed E-state index contributed by atoms with van der Waals surface area (Å²) in [5, 5.41) is 23.9. The van der Waals surface area contributed by atoms with Crippen molar-refractivity contribution in [3.63, 3.8) is 0 Å². The van der Waals surface area contributed by atoms with Gasteiger partial charge in [-0.05, 0) is 83.9 Å². The molecule has 0 heterocycles. The van der Waals surface area contributed by atoms with Crippen LogP contribution in [0.3, 0.4) is 0 Å². The molecule has 0 fully saturated rings. The van der Waals surface area contributed by atoms with E-state index in [4.69, 9.17) is 0 Å². The van der Waals surface area contributed by atoms with Crippen LogP contribution in [0.15, 0.2) is 170 Å². The van der Waals surface area contributed by atoms with Crippen LogP contribution in [0.25, 0.3) is 33.7 Å². The lowest BCUT2D eigenvalue weighted by molar-refractivity contribution is 1.29. The van der Waals surface area contributed by atoms with Gasteiger partial charge >= 0.3 is 0 Å². The van der Waals surface area contributed by atoms with Crippen molar-refractivity contribution >= 4 is 56.4 Å². The van der Waals surface area contributed by atoms with Gasteiger partial charge in [-0.3, -0.25) is 0 Å². The zero-order chi connectivity index (χ0) is 32.7. The van der Waals surface area contributed by atoms with E-state index in [1.807, 2.05) is 134 Å². The Labute approximate surface area is 280 Å². The van der Waals surface area contributed by atoms with Crippen molar-refractivity contribution in [3.8, 4) is 12.1 Å². The van der Waals surface area contributed by atoms with Crippen LogP contribution in [0.5, 0.6) is 0 Å². The molecule has 0 bridgehead atoms. The predicted molar refractivity (Wildman–Crippen MR) is 199 cm³/mol. The fourth-order valence-electron chi connectivity index (χ4n) is 6.03. The third-order valence-electron chi connectivity index (χ3n) is 8.36. The summed E-state index contributed by atoms with van der Waals surface area (Å²) in [5.74, 6) is 0. The predicted octanol–water partition coefficient (Wildman–Crippen LogP) is 11.4. The van der Waals surface area contributed by atoms with E-state index in [0.29, 0.717) is 11.1 Å². The quantitative estimate of drug-likeness (QED) is 0.160. The Hall–Kier alpha value is -6.88. The second-order valence-corrected chi connectivity index (χ2v) is 11.3. The maximum absolute atomic E-state index is 10.4. The number of hydrogen-bond donors (Lipinski definition) is 0. The number of rotatable bonds is 8. The minimum Gasteiger partial charge on any atom is -0.317 e. The van der Waals surface area contributed by atoms with Crippen molar-refractivity contribution in [3.05, 3.63) is 192 Å². The monoisotopic (exact) mass is 614 g/mol. The third kappa shape index (κ3) is 6.03. The molecule has 7 aromatic carbocycles. The first-order valence-electron chi connectivity index (χ1n) is 15.7. The smallest absolute Gasteiger partial charge is 0.100 e. The van der Waals surface area contributed by atoms with Crippen LogP contribution in [0, 0.1) is 22.7 Å². The Morgan fingerprint density at radius 3 is 0.979 bits per heavy atom. The first-order valence-corrected chi connectivity index (χ1v) is 15.7. The summed E-state index contributed by atoms with van der Waals surface area (Å²) in [6, 6.07) is 57.6. The van der Waals surface area contributed by atoms with Crippen molar-refractivity contribution in [2.45, 2.75) is 0 Å². The number of para-hydroxylation sites is 4. The van der Waals surface area contributed by atoms with Crippen molar-refractivity contribution < 1.29 is 0 Å². The third-order valence-corrected chi connectivity index (χ3v) is 8.36. The van der Waals surface area contributed by atoms with E-state index in [9.17, 15) is 10.5 Å². The van der Waals surface area contributed by atoms with E-state index >= 15 is 0 Å². The molecule has 4 heteroatoms. The molecule has 0 aliphatic carbocycles. The van der Waals surface area contributed by atoms with Gasteiger partial charge in [-0.15, -0.1) is 0 Å².